The third-order valence-electron chi connectivity index (χ3n) is 2.58. The number of carbonyl (C=O) groups is 1. The van der Waals surface area contributed by atoms with Gasteiger partial charge in [-0.15, -0.1) is 0 Å². The van der Waals surface area contributed by atoms with Gasteiger partial charge in [-0.25, -0.2) is 0 Å². The summed E-state index contributed by atoms with van der Waals surface area (Å²) in [4.78, 5) is 11.2. The van der Waals surface area contributed by atoms with E-state index in [4.69, 9.17) is 0 Å². The van der Waals surface area contributed by atoms with E-state index in [0.717, 1.165) is 12.8 Å². The number of hydrogen-bond donors (Lipinski definition) is 0. The van der Waals surface area contributed by atoms with E-state index >= 15 is 0 Å². The zero-order valence-corrected chi connectivity index (χ0v) is 6.05. The van der Waals surface area contributed by atoms with Crippen molar-refractivity contribution < 1.29 is 4.79 Å². The molecule has 1 fully saturated rings. The molecule has 3 rings (SSSR count). The molecule has 1 heteroatoms. The van der Waals surface area contributed by atoms with Gasteiger partial charge in [-0.3, -0.25) is 4.79 Å². The zero-order chi connectivity index (χ0) is 6.97. The summed E-state index contributed by atoms with van der Waals surface area (Å²) in [6.45, 7) is 0. The first-order chi connectivity index (χ1) is 4.86. The highest BCUT2D eigenvalue weighted by atomic mass is 16.1. The molecule has 0 saturated heterocycles. The van der Waals surface area contributed by atoms with Crippen molar-refractivity contribution >= 4 is 5.78 Å². The number of ketones is 1. The Morgan fingerprint density at radius 3 is 3.00 bits per heavy atom. The van der Waals surface area contributed by atoms with Gasteiger partial charge >= 0.3 is 0 Å². The van der Waals surface area contributed by atoms with Gasteiger partial charge in [-0.05, 0) is 18.8 Å². The molecule has 0 amide bonds. The van der Waals surface area contributed by atoms with Crippen LogP contribution in [-0.2, 0) is 4.79 Å². The standard InChI is InChI=1S/C9H12O/c10-9-6-7-2-1-3-8(9)5-4-7/h4-5,7-8H,1-3,6H2. The molecule has 0 aromatic rings. The van der Waals surface area contributed by atoms with Crippen molar-refractivity contribution in [2.45, 2.75) is 25.7 Å². The van der Waals surface area contributed by atoms with Crippen LogP contribution in [-0.4, -0.2) is 5.78 Å². The van der Waals surface area contributed by atoms with Crippen LogP contribution in [0.2, 0.25) is 0 Å². The van der Waals surface area contributed by atoms with Crippen LogP contribution in [0.1, 0.15) is 25.7 Å². The highest BCUT2D eigenvalue weighted by molar-refractivity contribution is 5.84. The third-order valence-corrected chi connectivity index (χ3v) is 2.58. The van der Waals surface area contributed by atoms with Crippen molar-refractivity contribution in [3.63, 3.8) is 0 Å². The second-order valence-corrected chi connectivity index (χ2v) is 3.35. The van der Waals surface area contributed by atoms with Crippen LogP contribution < -0.4 is 0 Å². The monoisotopic (exact) mass is 136 g/mol. The van der Waals surface area contributed by atoms with E-state index in [1.165, 1.54) is 12.8 Å². The number of allylic oxidation sites excluding steroid dienone is 2. The molecule has 10 heavy (non-hydrogen) atoms. The second kappa shape index (κ2) is 2.22. The maximum absolute atomic E-state index is 11.2. The number of rotatable bonds is 0. The van der Waals surface area contributed by atoms with Crippen molar-refractivity contribution in [1.82, 2.24) is 0 Å². The molecule has 2 bridgehead atoms. The van der Waals surface area contributed by atoms with E-state index in [1.54, 1.807) is 0 Å². The van der Waals surface area contributed by atoms with E-state index in [0.29, 0.717) is 17.6 Å². The number of fused-ring (bicyclic) bond motifs is 3. The molecule has 3 aliphatic carbocycles. The van der Waals surface area contributed by atoms with Crippen LogP contribution in [0.15, 0.2) is 12.2 Å². The van der Waals surface area contributed by atoms with Gasteiger partial charge < -0.3 is 0 Å². The van der Waals surface area contributed by atoms with Crippen LogP contribution in [0.25, 0.3) is 0 Å². The average molecular weight is 136 g/mol. The van der Waals surface area contributed by atoms with Crippen molar-refractivity contribution in [3.05, 3.63) is 12.2 Å². The summed E-state index contributed by atoms with van der Waals surface area (Å²) < 4.78 is 0. The Kier molecular flexibility index (Phi) is 1.37. The lowest BCUT2D eigenvalue weighted by Crippen LogP contribution is -2.16. The summed E-state index contributed by atoms with van der Waals surface area (Å²) >= 11 is 0. The molecule has 1 nitrogen and oxygen atoms in total. The molecule has 1 saturated carbocycles. The van der Waals surface area contributed by atoms with Crippen molar-refractivity contribution in [1.29, 1.82) is 0 Å². The van der Waals surface area contributed by atoms with Crippen molar-refractivity contribution in [2.75, 3.05) is 0 Å². The Balaban J connectivity index is 2.26. The molecule has 0 aromatic heterocycles. The summed E-state index contributed by atoms with van der Waals surface area (Å²) in [5.41, 5.74) is 0. The van der Waals surface area contributed by atoms with Crippen molar-refractivity contribution in [2.24, 2.45) is 11.8 Å². The lowest BCUT2D eigenvalue weighted by Gasteiger charge is -2.14. The highest BCUT2D eigenvalue weighted by Gasteiger charge is 2.26. The molecule has 0 spiro atoms. The minimum absolute atomic E-state index is 0.291. The van der Waals surface area contributed by atoms with E-state index < -0.39 is 0 Å². The van der Waals surface area contributed by atoms with Gasteiger partial charge in [0.25, 0.3) is 0 Å². The number of Topliss-reactive ketones (excluding diaryl/α,β-unsaturated/α-hetero) is 1. The Bertz CT molecular complexity index is 181. The summed E-state index contributed by atoms with van der Waals surface area (Å²) in [6, 6.07) is 0. The summed E-state index contributed by atoms with van der Waals surface area (Å²) in [7, 11) is 0. The smallest absolute Gasteiger partial charge is 0.140 e. The van der Waals surface area contributed by atoms with E-state index in [-0.39, 0.29) is 0 Å². The average Bonchev–Trinajstić information content (AvgIpc) is 2.20. The molecule has 2 unspecified atom stereocenters. The van der Waals surface area contributed by atoms with Crippen LogP contribution in [0, 0.1) is 11.8 Å². The molecule has 0 aliphatic heterocycles. The third kappa shape index (κ3) is 0.898. The molecule has 0 radical (unpaired) electrons. The fourth-order valence-corrected chi connectivity index (χ4v) is 1.93. The van der Waals surface area contributed by atoms with Crippen molar-refractivity contribution in [3.8, 4) is 0 Å². The SMILES string of the molecule is O=C1CC2C=CC1CCC2. The molecule has 2 atom stereocenters. The van der Waals surface area contributed by atoms with Crippen LogP contribution in [0.3, 0.4) is 0 Å². The molecule has 3 aliphatic rings. The van der Waals surface area contributed by atoms with Gasteiger partial charge in [0, 0.05) is 12.3 Å². The summed E-state index contributed by atoms with van der Waals surface area (Å²) in [6.07, 6.45) is 8.75. The zero-order valence-electron chi connectivity index (χ0n) is 6.05. The van der Waals surface area contributed by atoms with Gasteiger partial charge in [0.15, 0.2) is 0 Å². The van der Waals surface area contributed by atoms with E-state index in [2.05, 4.69) is 12.2 Å². The largest absolute Gasteiger partial charge is 0.299 e. The number of hydrogen-bond acceptors (Lipinski definition) is 1. The van der Waals surface area contributed by atoms with Gasteiger partial charge in [0.05, 0.1) is 0 Å². The molecule has 0 heterocycles. The van der Waals surface area contributed by atoms with Crippen LogP contribution in [0.5, 0.6) is 0 Å². The first kappa shape index (κ1) is 6.14. The molecule has 54 valence electrons. The number of carbonyl (C=O) groups excluding carboxylic acids is 1. The summed E-state index contributed by atoms with van der Waals surface area (Å²) in [5.74, 6) is 1.36. The Labute approximate surface area is 61.1 Å². The van der Waals surface area contributed by atoms with E-state index in [1.807, 2.05) is 0 Å². The van der Waals surface area contributed by atoms with Crippen LogP contribution in [0.4, 0.5) is 0 Å². The van der Waals surface area contributed by atoms with E-state index in [9.17, 15) is 4.79 Å². The Morgan fingerprint density at radius 2 is 2.20 bits per heavy atom. The maximum atomic E-state index is 11.2. The molecule has 0 N–H and O–H groups in total. The second-order valence-electron chi connectivity index (χ2n) is 3.35. The fourth-order valence-electron chi connectivity index (χ4n) is 1.93. The van der Waals surface area contributed by atoms with Gasteiger partial charge in [0.2, 0.25) is 0 Å². The van der Waals surface area contributed by atoms with Gasteiger partial charge in [-0.1, -0.05) is 18.6 Å². The van der Waals surface area contributed by atoms with Crippen LogP contribution >= 0.6 is 0 Å². The fraction of sp³-hybridized carbons (Fsp3) is 0.667. The topological polar surface area (TPSA) is 17.1 Å². The first-order valence-electron chi connectivity index (χ1n) is 4.07. The predicted molar refractivity (Wildman–Crippen MR) is 39.6 cm³/mol. The van der Waals surface area contributed by atoms with Gasteiger partial charge in [0.1, 0.15) is 5.78 Å². The quantitative estimate of drug-likeness (QED) is 0.465. The minimum Gasteiger partial charge on any atom is -0.299 e. The molecular weight excluding hydrogens is 124 g/mol. The van der Waals surface area contributed by atoms with Gasteiger partial charge in [-0.2, -0.15) is 0 Å². The minimum atomic E-state index is 0.291. The lowest BCUT2D eigenvalue weighted by molar-refractivity contribution is -0.122. The summed E-state index contributed by atoms with van der Waals surface area (Å²) in [5, 5.41) is 0. The molecular formula is C9H12O. The molecule has 0 aromatic carbocycles. The maximum Gasteiger partial charge on any atom is 0.140 e. The highest BCUT2D eigenvalue weighted by Crippen LogP contribution is 2.31. The predicted octanol–water partition coefficient (Wildman–Crippen LogP) is 1.93. The first-order valence-corrected chi connectivity index (χ1v) is 4.07. The Morgan fingerprint density at radius 1 is 1.30 bits per heavy atom. The normalized spacial score (nSPS) is 38.2. The lowest BCUT2D eigenvalue weighted by atomic mass is 9.90. The Hall–Kier alpha value is -0.590.